The van der Waals surface area contributed by atoms with Crippen LogP contribution in [-0.2, 0) is 0 Å². The van der Waals surface area contributed by atoms with Gasteiger partial charge in [0.2, 0.25) is 10.8 Å². The van der Waals surface area contributed by atoms with Gasteiger partial charge in [0.25, 0.3) is 5.69 Å². The van der Waals surface area contributed by atoms with Crippen molar-refractivity contribution >= 4 is 22.0 Å². The third-order valence-corrected chi connectivity index (χ3v) is 5.07. The van der Waals surface area contributed by atoms with Crippen LogP contribution in [0.1, 0.15) is 30.3 Å². The number of aromatic nitrogens is 3. The van der Waals surface area contributed by atoms with Crippen molar-refractivity contribution in [3.63, 3.8) is 0 Å². The number of nitro groups is 1. The molecule has 1 N–H and O–H groups in total. The number of rotatable bonds is 6. The molecule has 0 saturated carbocycles. The van der Waals surface area contributed by atoms with E-state index in [1.807, 2.05) is 13.8 Å². The Kier molecular flexibility index (Phi) is 4.45. The topological polar surface area (TPSA) is 96.8 Å². The highest BCUT2D eigenvalue weighted by molar-refractivity contribution is 7.17. The van der Waals surface area contributed by atoms with Gasteiger partial charge in [0, 0.05) is 12.1 Å². The maximum absolute atomic E-state index is 10.9. The van der Waals surface area contributed by atoms with E-state index < -0.39 is 4.92 Å². The highest BCUT2D eigenvalue weighted by Crippen LogP contribution is 2.39. The van der Waals surface area contributed by atoms with Crippen LogP contribution in [0.15, 0.2) is 30.6 Å². The second kappa shape index (κ2) is 6.54. The maximum Gasteiger partial charge on any atom is 0.269 e. The summed E-state index contributed by atoms with van der Waals surface area (Å²) in [6.45, 7) is 5.61. The molecule has 1 unspecified atom stereocenters. The average molecular weight is 347 g/mol. The van der Waals surface area contributed by atoms with Gasteiger partial charge in [0.05, 0.1) is 15.8 Å². The molecule has 0 radical (unpaired) electrons. The molecule has 8 nitrogen and oxygen atoms in total. The van der Waals surface area contributed by atoms with E-state index in [1.165, 1.54) is 34.3 Å². The van der Waals surface area contributed by atoms with Crippen LogP contribution in [0.3, 0.4) is 0 Å². The predicted octanol–water partition coefficient (Wildman–Crippen LogP) is 2.84. The Morgan fingerprint density at radius 3 is 2.54 bits per heavy atom. The molecule has 9 heteroatoms. The number of nitrogens with zero attached hydrogens (tertiary/aromatic N) is 5. The van der Waals surface area contributed by atoms with E-state index >= 15 is 0 Å². The van der Waals surface area contributed by atoms with E-state index in [0.717, 1.165) is 23.5 Å². The minimum atomic E-state index is -0.420. The first kappa shape index (κ1) is 16.3. The predicted molar refractivity (Wildman–Crippen MR) is 90.4 cm³/mol. The molecule has 0 aliphatic rings. The minimum Gasteiger partial charge on any atom is -0.492 e. The lowest BCUT2D eigenvalue weighted by atomic mass is 10.0. The number of hydrogen-bond donors (Lipinski definition) is 1. The van der Waals surface area contributed by atoms with Gasteiger partial charge in [-0.05, 0) is 18.7 Å². The fraction of sp³-hybridized carbons (Fsp3) is 0.333. The molecule has 1 aromatic carbocycles. The fourth-order valence-electron chi connectivity index (χ4n) is 2.77. The first-order valence-corrected chi connectivity index (χ1v) is 8.38. The van der Waals surface area contributed by atoms with E-state index in [-0.39, 0.29) is 17.6 Å². The summed E-state index contributed by atoms with van der Waals surface area (Å²) >= 11 is 1.37. The van der Waals surface area contributed by atoms with Gasteiger partial charge in [0.15, 0.2) is 0 Å². The SMILES string of the molecule is CCN(CC)C(c1ccc([N+](=O)[O-])cc1)c1sc2ncnn2c1O. The van der Waals surface area contributed by atoms with E-state index in [4.69, 9.17) is 0 Å². The summed E-state index contributed by atoms with van der Waals surface area (Å²) in [6.07, 6.45) is 1.40. The molecule has 0 bridgehead atoms. The van der Waals surface area contributed by atoms with Gasteiger partial charge in [-0.3, -0.25) is 15.0 Å². The lowest BCUT2D eigenvalue weighted by molar-refractivity contribution is -0.384. The largest absolute Gasteiger partial charge is 0.492 e. The Morgan fingerprint density at radius 2 is 2.00 bits per heavy atom. The quantitative estimate of drug-likeness (QED) is 0.544. The molecule has 0 amide bonds. The van der Waals surface area contributed by atoms with Crippen LogP contribution < -0.4 is 0 Å². The summed E-state index contributed by atoms with van der Waals surface area (Å²) in [5.41, 5.74) is 0.924. The third kappa shape index (κ3) is 2.72. The first-order chi connectivity index (χ1) is 11.6. The Morgan fingerprint density at radius 1 is 1.33 bits per heavy atom. The van der Waals surface area contributed by atoms with Crippen LogP contribution in [0.5, 0.6) is 5.88 Å². The zero-order valence-electron chi connectivity index (χ0n) is 13.3. The number of nitro benzene ring substituents is 1. The molecule has 126 valence electrons. The summed E-state index contributed by atoms with van der Waals surface area (Å²) in [6, 6.07) is 6.22. The van der Waals surface area contributed by atoms with Crippen LogP contribution >= 0.6 is 11.3 Å². The Balaban J connectivity index is 2.10. The van der Waals surface area contributed by atoms with Crippen LogP contribution in [0.25, 0.3) is 4.96 Å². The third-order valence-electron chi connectivity index (χ3n) is 3.98. The van der Waals surface area contributed by atoms with Crippen LogP contribution in [0.4, 0.5) is 5.69 Å². The van der Waals surface area contributed by atoms with E-state index in [1.54, 1.807) is 12.1 Å². The molecule has 0 aliphatic heterocycles. The molecular weight excluding hydrogens is 330 g/mol. The standard InChI is InChI=1S/C15H17N5O3S/c1-3-18(4-2)12(10-5-7-11(8-6-10)20(22)23)13-14(21)19-15(24-13)16-9-17-19/h5-9,12,21H,3-4H2,1-2H3. The molecule has 24 heavy (non-hydrogen) atoms. The van der Waals surface area contributed by atoms with Crippen LogP contribution in [0, 0.1) is 10.1 Å². The fourth-order valence-corrected chi connectivity index (χ4v) is 3.86. The molecule has 0 spiro atoms. The van der Waals surface area contributed by atoms with Gasteiger partial charge >= 0.3 is 0 Å². The summed E-state index contributed by atoms with van der Waals surface area (Å²) in [7, 11) is 0. The molecule has 0 fully saturated rings. The van der Waals surface area contributed by atoms with Gasteiger partial charge in [-0.25, -0.2) is 4.98 Å². The number of aromatic hydroxyl groups is 1. The second-order valence-corrected chi connectivity index (χ2v) is 6.23. The van der Waals surface area contributed by atoms with Crippen molar-refractivity contribution in [3.8, 4) is 5.88 Å². The van der Waals surface area contributed by atoms with E-state index in [2.05, 4.69) is 15.0 Å². The number of hydrogen-bond acceptors (Lipinski definition) is 7. The molecule has 2 heterocycles. The average Bonchev–Trinajstić information content (AvgIpc) is 3.16. The Bertz CT molecular complexity index is 854. The summed E-state index contributed by atoms with van der Waals surface area (Å²) < 4.78 is 1.40. The molecule has 1 atom stereocenters. The van der Waals surface area contributed by atoms with Crippen molar-refractivity contribution in [2.45, 2.75) is 19.9 Å². The minimum absolute atomic E-state index is 0.0453. The number of fused-ring (bicyclic) bond motifs is 1. The summed E-state index contributed by atoms with van der Waals surface area (Å²) in [4.78, 5) is 18.1. The molecular formula is C15H17N5O3S. The summed E-state index contributed by atoms with van der Waals surface area (Å²) in [5.74, 6) is 0.0581. The first-order valence-electron chi connectivity index (χ1n) is 7.56. The smallest absolute Gasteiger partial charge is 0.269 e. The lowest BCUT2D eigenvalue weighted by Gasteiger charge is -2.29. The van der Waals surface area contributed by atoms with Crippen molar-refractivity contribution in [2.75, 3.05) is 13.1 Å². The van der Waals surface area contributed by atoms with Gasteiger partial charge in [-0.15, -0.1) is 0 Å². The highest BCUT2D eigenvalue weighted by atomic mass is 32.1. The van der Waals surface area contributed by atoms with Crippen molar-refractivity contribution < 1.29 is 10.0 Å². The zero-order valence-corrected chi connectivity index (χ0v) is 14.1. The van der Waals surface area contributed by atoms with Gasteiger partial charge < -0.3 is 5.11 Å². The molecule has 3 rings (SSSR count). The molecule has 2 aromatic heterocycles. The van der Waals surface area contributed by atoms with Gasteiger partial charge in [0.1, 0.15) is 6.33 Å². The Hall–Kier alpha value is -2.52. The lowest BCUT2D eigenvalue weighted by Crippen LogP contribution is -2.28. The van der Waals surface area contributed by atoms with Gasteiger partial charge in [-0.1, -0.05) is 37.3 Å². The highest BCUT2D eigenvalue weighted by Gasteiger charge is 2.28. The number of benzene rings is 1. The van der Waals surface area contributed by atoms with Crippen molar-refractivity contribution in [3.05, 3.63) is 51.1 Å². The summed E-state index contributed by atoms with van der Waals surface area (Å²) in [5, 5.41) is 25.4. The molecule has 3 aromatic rings. The van der Waals surface area contributed by atoms with Crippen molar-refractivity contribution in [1.29, 1.82) is 0 Å². The van der Waals surface area contributed by atoms with Gasteiger partial charge in [-0.2, -0.15) is 9.61 Å². The zero-order chi connectivity index (χ0) is 17.3. The van der Waals surface area contributed by atoms with Crippen molar-refractivity contribution in [2.24, 2.45) is 0 Å². The van der Waals surface area contributed by atoms with E-state index in [0.29, 0.717) is 4.96 Å². The Labute approximate surface area is 142 Å². The van der Waals surface area contributed by atoms with Crippen molar-refractivity contribution in [1.82, 2.24) is 19.5 Å². The number of non-ortho nitro benzene ring substituents is 1. The molecule has 0 saturated heterocycles. The normalized spacial score (nSPS) is 12.8. The second-order valence-electron chi connectivity index (χ2n) is 5.22. The molecule has 0 aliphatic carbocycles. The van der Waals surface area contributed by atoms with E-state index in [9.17, 15) is 15.2 Å². The van der Waals surface area contributed by atoms with Crippen LogP contribution in [-0.4, -0.2) is 42.6 Å². The monoisotopic (exact) mass is 347 g/mol. The van der Waals surface area contributed by atoms with Crippen LogP contribution in [0.2, 0.25) is 0 Å². The number of thiazole rings is 1. The maximum atomic E-state index is 10.9.